The molecule has 2 rings (SSSR count). The number of amides is 1. The van der Waals surface area contributed by atoms with Gasteiger partial charge >= 0.3 is 0 Å². The van der Waals surface area contributed by atoms with Crippen molar-refractivity contribution in [1.82, 2.24) is 0 Å². The van der Waals surface area contributed by atoms with Gasteiger partial charge in [0.05, 0.1) is 10.7 Å². The van der Waals surface area contributed by atoms with Crippen LogP contribution >= 0.6 is 11.6 Å². The van der Waals surface area contributed by atoms with Gasteiger partial charge in [-0.2, -0.15) is 0 Å². The number of halogens is 1. The summed E-state index contributed by atoms with van der Waals surface area (Å²) < 4.78 is 0. The third-order valence-corrected chi connectivity index (χ3v) is 2.85. The summed E-state index contributed by atoms with van der Waals surface area (Å²) in [6.07, 6.45) is 1.21. The second kappa shape index (κ2) is 5.52. The molecule has 0 saturated carbocycles. The van der Waals surface area contributed by atoms with Crippen molar-refractivity contribution in [2.24, 2.45) is 0 Å². The van der Waals surface area contributed by atoms with Gasteiger partial charge in [0.25, 0.3) is 0 Å². The molecule has 1 amide bonds. The molecule has 0 bridgehead atoms. The van der Waals surface area contributed by atoms with E-state index < -0.39 is 0 Å². The zero-order valence-electron chi connectivity index (χ0n) is 9.69. The van der Waals surface area contributed by atoms with Gasteiger partial charge < -0.3 is 5.32 Å². The lowest BCUT2D eigenvalue weighted by Crippen LogP contribution is -2.07. The average Bonchev–Trinajstić information content (AvgIpc) is 2.42. The van der Waals surface area contributed by atoms with Crippen LogP contribution in [0.2, 0.25) is 5.02 Å². The largest absolute Gasteiger partial charge is 0.321 e. The lowest BCUT2D eigenvalue weighted by atomic mass is 10.1. The molecule has 0 fully saturated rings. The minimum atomic E-state index is -0.276. The molecule has 2 aromatic carbocycles. The van der Waals surface area contributed by atoms with Crippen molar-refractivity contribution < 1.29 is 4.79 Å². The van der Waals surface area contributed by atoms with E-state index in [9.17, 15) is 4.79 Å². The van der Waals surface area contributed by atoms with Gasteiger partial charge in [-0.25, -0.2) is 0 Å². The highest BCUT2D eigenvalue weighted by molar-refractivity contribution is 6.34. The number of carbonyl (C=O) groups excluding carboxylic acids is 1. The molecule has 0 heterocycles. The average molecular weight is 258 g/mol. The molecule has 0 spiro atoms. The second-order valence-electron chi connectivity index (χ2n) is 3.75. The van der Waals surface area contributed by atoms with Crippen molar-refractivity contribution in [1.29, 1.82) is 0 Å². The van der Waals surface area contributed by atoms with E-state index in [1.807, 2.05) is 42.5 Å². The summed E-state index contributed by atoms with van der Waals surface area (Å²) in [6, 6.07) is 15.4. The fourth-order valence-corrected chi connectivity index (χ4v) is 1.78. The van der Waals surface area contributed by atoms with Gasteiger partial charge in [0.1, 0.15) is 0 Å². The molecule has 90 valence electrons. The van der Waals surface area contributed by atoms with Gasteiger partial charge in [-0.15, -0.1) is 0 Å². The monoisotopic (exact) mass is 257 g/mol. The Morgan fingerprint density at radius 1 is 1.11 bits per heavy atom. The quantitative estimate of drug-likeness (QED) is 0.823. The van der Waals surface area contributed by atoms with Crippen molar-refractivity contribution in [3.63, 3.8) is 0 Å². The van der Waals surface area contributed by atoms with Crippen molar-refractivity contribution in [3.05, 3.63) is 66.2 Å². The highest BCUT2D eigenvalue weighted by Gasteiger charge is 2.05. The molecule has 18 heavy (non-hydrogen) atoms. The van der Waals surface area contributed by atoms with Crippen LogP contribution in [0.4, 0.5) is 5.69 Å². The Bertz CT molecular complexity index is 578. The number of anilines is 1. The van der Waals surface area contributed by atoms with Crippen molar-refractivity contribution in [2.45, 2.75) is 0 Å². The molecule has 0 aromatic heterocycles. The topological polar surface area (TPSA) is 29.1 Å². The smallest absolute Gasteiger partial charge is 0.247 e. The van der Waals surface area contributed by atoms with E-state index in [1.165, 1.54) is 6.08 Å². The first kappa shape index (κ1) is 12.4. The highest BCUT2D eigenvalue weighted by atomic mass is 35.5. The number of carbonyl (C=O) groups is 1. The van der Waals surface area contributed by atoms with Crippen LogP contribution in [0.15, 0.2) is 61.2 Å². The lowest BCUT2D eigenvalue weighted by molar-refractivity contribution is -0.111. The number of hydrogen-bond donors (Lipinski definition) is 1. The molecule has 0 aliphatic carbocycles. The summed E-state index contributed by atoms with van der Waals surface area (Å²) in [5, 5.41) is 3.19. The molecule has 0 aliphatic heterocycles. The zero-order chi connectivity index (χ0) is 13.0. The van der Waals surface area contributed by atoms with Crippen molar-refractivity contribution in [2.75, 3.05) is 5.32 Å². The molecule has 2 nitrogen and oxygen atoms in total. The number of nitrogens with one attached hydrogen (secondary N) is 1. The van der Waals surface area contributed by atoms with Crippen LogP contribution in [0.1, 0.15) is 0 Å². The second-order valence-corrected chi connectivity index (χ2v) is 4.16. The summed E-state index contributed by atoms with van der Waals surface area (Å²) in [7, 11) is 0. The Kier molecular flexibility index (Phi) is 3.80. The third kappa shape index (κ3) is 2.79. The van der Waals surface area contributed by atoms with E-state index >= 15 is 0 Å². The van der Waals surface area contributed by atoms with Crippen LogP contribution in [-0.2, 0) is 4.79 Å². The van der Waals surface area contributed by atoms with E-state index in [4.69, 9.17) is 11.6 Å². The SMILES string of the molecule is C=CC(=O)Nc1cc(-c2ccccc2)ccc1Cl. The Labute approximate surface area is 111 Å². The summed E-state index contributed by atoms with van der Waals surface area (Å²) in [5.41, 5.74) is 2.66. The van der Waals surface area contributed by atoms with Crippen LogP contribution in [-0.4, -0.2) is 5.91 Å². The molecular weight excluding hydrogens is 246 g/mol. The number of hydrogen-bond acceptors (Lipinski definition) is 1. The Balaban J connectivity index is 2.38. The first-order valence-corrected chi connectivity index (χ1v) is 5.87. The summed E-state index contributed by atoms with van der Waals surface area (Å²) >= 11 is 6.04. The number of rotatable bonds is 3. The van der Waals surface area contributed by atoms with E-state index in [0.717, 1.165) is 11.1 Å². The molecule has 3 heteroatoms. The molecule has 0 saturated heterocycles. The molecular formula is C15H12ClNO. The normalized spacial score (nSPS) is 9.83. The molecule has 2 aromatic rings. The van der Waals surface area contributed by atoms with Crippen LogP contribution in [0, 0.1) is 0 Å². The van der Waals surface area contributed by atoms with Gasteiger partial charge in [-0.1, -0.05) is 54.6 Å². The Hall–Kier alpha value is -2.06. The van der Waals surface area contributed by atoms with Crippen LogP contribution in [0.3, 0.4) is 0 Å². The van der Waals surface area contributed by atoms with Crippen molar-refractivity contribution in [3.8, 4) is 11.1 Å². The predicted octanol–water partition coefficient (Wildman–Crippen LogP) is 4.13. The molecule has 0 aliphatic rings. The van der Waals surface area contributed by atoms with Gasteiger partial charge in [0.15, 0.2) is 0 Å². The van der Waals surface area contributed by atoms with Crippen LogP contribution in [0.5, 0.6) is 0 Å². The fraction of sp³-hybridized carbons (Fsp3) is 0. The van der Waals surface area contributed by atoms with Gasteiger partial charge in [0.2, 0.25) is 5.91 Å². The molecule has 1 N–H and O–H groups in total. The highest BCUT2D eigenvalue weighted by Crippen LogP contribution is 2.28. The molecule has 0 unspecified atom stereocenters. The van der Waals surface area contributed by atoms with E-state index in [0.29, 0.717) is 10.7 Å². The van der Waals surface area contributed by atoms with E-state index in [1.54, 1.807) is 6.07 Å². The standard InChI is InChI=1S/C15H12ClNO/c1-2-15(18)17-14-10-12(8-9-13(14)16)11-6-4-3-5-7-11/h2-10H,1H2,(H,17,18). The maximum atomic E-state index is 11.3. The first-order valence-electron chi connectivity index (χ1n) is 5.49. The minimum absolute atomic E-state index is 0.276. The first-order chi connectivity index (χ1) is 8.70. The summed E-state index contributed by atoms with van der Waals surface area (Å²) in [4.78, 5) is 11.3. The maximum absolute atomic E-state index is 11.3. The van der Waals surface area contributed by atoms with Gasteiger partial charge in [-0.05, 0) is 29.3 Å². The van der Waals surface area contributed by atoms with Gasteiger partial charge in [0, 0.05) is 0 Å². The molecule has 0 radical (unpaired) electrons. The molecule has 0 atom stereocenters. The van der Waals surface area contributed by atoms with Crippen LogP contribution in [0.25, 0.3) is 11.1 Å². The van der Waals surface area contributed by atoms with Crippen LogP contribution < -0.4 is 5.32 Å². The predicted molar refractivity (Wildman–Crippen MR) is 75.7 cm³/mol. The van der Waals surface area contributed by atoms with Gasteiger partial charge in [-0.3, -0.25) is 4.79 Å². The maximum Gasteiger partial charge on any atom is 0.247 e. The van der Waals surface area contributed by atoms with Crippen molar-refractivity contribution >= 4 is 23.2 Å². The fourth-order valence-electron chi connectivity index (χ4n) is 1.61. The summed E-state index contributed by atoms with van der Waals surface area (Å²) in [6.45, 7) is 3.41. The lowest BCUT2D eigenvalue weighted by Gasteiger charge is -2.08. The minimum Gasteiger partial charge on any atom is -0.321 e. The third-order valence-electron chi connectivity index (χ3n) is 2.52. The Morgan fingerprint density at radius 2 is 1.83 bits per heavy atom. The number of benzene rings is 2. The zero-order valence-corrected chi connectivity index (χ0v) is 10.4. The van der Waals surface area contributed by atoms with E-state index in [2.05, 4.69) is 11.9 Å². The van der Waals surface area contributed by atoms with E-state index in [-0.39, 0.29) is 5.91 Å². The summed E-state index contributed by atoms with van der Waals surface area (Å²) in [5.74, 6) is -0.276. The Morgan fingerprint density at radius 3 is 2.50 bits per heavy atom.